The van der Waals surface area contributed by atoms with Gasteiger partial charge in [0.05, 0.1) is 6.54 Å². The number of amides is 1. The Hall–Kier alpha value is -1.43. The van der Waals surface area contributed by atoms with Crippen LogP contribution >= 0.6 is 0 Å². The number of hydrogen-bond acceptors (Lipinski definition) is 4. The molecule has 0 aliphatic rings. The van der Waals surface area contributed by atoms with Crippen molar-refractivity contribution < 1.29 is 4.79 Å². The highest BCUT2D eigenvalue weighted by atomic mass is 16.2. The molecule has 0 aliphatic heterocycles. The zero-order valence-corrected chi connectivity index (χ0v) is 11.7. The second kappa shape index (κ2) is 7.10. The third-order valence-electron chi connectivity index (χ3n) is 2.53. The molecule has 1 aromatic heterocycles. The minimum absolute atomic E-state index is 0.131. The second-order valence-electron chi connectivity index (χ2n) is 4.97. The van der Waals surface area contributed by atoms with Crippen LogP contribution in [0.5, 0.6) is 0 Å². The Morgan fingerprint density at radius 3 is 2.83 bits per heavy atom. The zero-order chi connectivity index (χ0) is 13.5. The van der Waals surface area contributed by atoms with Gasteiger partial charge in [0.15, 0.2) is 0 Å². The lowest BCUT2D eigenvalue weighted by Gasteiger charge is -2.11. The Morgan fingerprint density at radius 2 is 2.22 bits per heavy atom. The summed E-state index contributed by atoms with van der Waals surface area (Å²) in [5.74, 6) is 1.59. The topological polar surface area (TPSA) is 63.1 Å². The first-order valence-corrected chi connectivity index (χ1v) is 6.28. The fourth-order valence-corrected chi connectivity index (χ4v) is 1.54. The summed E-state index contributed by atoms with van der Waals surface area (Å²) < 4.78 is 1.91. The van der Waals surface area contributed by atoms with E-state index in [1.54, 1.807) is 25.3 Å². The maximum Gasteiger partial charge on any atom is 0.223 e. The molecule has 18 heavy (non-hydrogen) atoms. The van der Waals surface area contributed by atoms with Crippen LogP contribution < -0.4 is 5.32 Å². The summed E-state index contributed by atoms with van der Waals surface area (Å²) in [7, 11) is 3.53. The van der Waals surface area contributed by atoms with Gasteiger partial charge < -0.3 is 10.2 Å². The molecule has 0 saturated carbocycles. The smallest absolute Gasteiger partial charge is 0.223 e. The van der Waals surface area contributed by atoms with Gasteiger partial charge in [-0.2, -0.15) is 5.10 Å². The molecular weight excluding hydrogens is 230 g/mol. The summed E-state index contributed by atoms with van der Waals surface area (Å²) in [5.41, 5.74) is 0. The van der Waals surface area contributed by atoms with Crippen LogP contribution in [0.1, 0.15) is 26.1 Å². The van der Waals surface area contributed by atoms with E-state index in [2.05, 4.69) is 29.2 Å². The van der Waals surface area contributed by atoms with Crippen LogP contribution in [0.15, 0.2) is 6.33 Å². The molecule has 0 aromatic carbocycles. The van der Waals surface area contributed by atoms with E-state index in [0.29, 0.717) is 25.4 Å². The molecule has 1 rings (SSSR count). The fraction of sp³-hybridized carbons (Fsp3) is 0.750. The van der Waals surface area contributed by atoms with Gasteiger partial charge in [0, 0.05) is 33.6 Å². The first kappa shape index (κ1) is 14.6. The Morgan fingerprint density at radius 1 is 1.50 bits per heavy atom. The summed E-state index contributed by atoms with van der Waals surface area (Å²) in [6.45, 7) is 6.47. The summed E-state index contributed by atoms with van der Waals surface area (Å²) >= 11 is 0. The molecule has 102 valence electrons. The fourth-order valence-electron chi connectivity index (χ4n) is 1.54. The van der Waals surface area contributed by atoms with E-state index in [1.807, 2.05) is 4.68 Å². The lowest BCUT2D eigenvalue weighted by Crippen LogP contribution is -2.27. The normalized spacial score (nSPS) is 10.9. The molecule has 0 atom stereocenters. The number of nitrogens with one attached hydrogen (secondary N) is 1. The lowest BCUT2D eigenvalue weighted by atomic mass is 10.2. The number of carbonyl (C=O) groups excluding carboxylic acids is 1. The maximum absolute atomic E-state index is 11.4. The number of aromatic nitrogens is 3. The third kappa shape index (κ3) is 4.83. The summed E-state index contributed by atoms with van der Waals surface area (Å²) in [4.78, 5) is 17.2. The summed E-state index contributed by atoms with van der Waals surface area (Å²) in [6.07, 6.45) is 2.08. The van der Waals surface area contributed by atoms with E-state index in [1.165, 1.54) is 0 Å². The highest BCUT2D eigenvalue weighted by Crippen LogP contribution is 2.00. The maximum atomic E-state index is 11.4. The second-order valence-corrected chi connectivity index (χ2v) is 4.97. The van der Waals surface area contributed by atoms with E-state index < -0.39 is 0 Å². The Balaban J connectivity index is 2.31. The molecule has 6 nitrogen and oxygen atoms in total. The van der Waals surface area contributed by atoms with Crippen LogP contribution in [0, 0.1) is 5.92 Å². The molecule has 0 spiro atoms. The quantitative estimate of drug-likeness (QED) is 0.719. The van der Waals surface area contributed by atoms with E-state index in [9.17, 15) is 4.79 Å². The molecule has 0 unspecified atom stereocenters. The van der Waals surface area contributed by atoms with E-state index in [-0.39, 0.29) is 5.91 Å². The monoisotopic (exact) mass is 253 g/mol. The van der Waals surface area contributed by atoms with Crippen molar-refractivity contribution in [1.29, 1.82) is 0 Å². The number of carbonyl (C=O) groups is 1. The van der Waals surface area contributed by atoms with Crippen LogP contribution in [0.3, 0.4) is 0 Å². The number of hydrogen-bond donors (Lipinski definition) is 1. The molecule has 1 aromatic rings. The van der Waals surface area contributed by atoms with Crippen LogP contribution in [0.2, 0.25) is 0 Å². The van der Waals surface area contributed by atoms with Gasteiger partial charge in [-0.05, 0) is 5.92 Å². The van der Waals surface area contributed by atoms with Crippen molar-refractivity contribution in [3.05, 3.63) is 12.2 Å². The minimum atomic E-state index is 0.131. The Labute approximate surface area is 108 Å². The van der Waals surface area contributed by atoms with Crippen molar-refractivity contribution in [3.8, 4) is 0 Å². The summed E-state index contributed by atoms with van der Waals surface area (Å²) in [5, 5.41) is 7.41. The lowest BCUT2D eigenvalue weighted by molar-refractivity contribution is -0.128. The largest absolute Gasteiger partial charge is 0.349 e. The number of nitrogens with zero attached hydrogens (tertiary/aromatic N) is 4. The predicted octanol–water partition coefficient (Wildman–Crippen LogP) is 0.502. The average molecular weight is 253 g/mol. The van der Waals surface area contributed by atoms with E-state index >= 15 is 0 Å². The summed E-state index contributed by atoms with van der Waals surface area (Å²) in [6, 6.07) is 0. The Kier molecular flexibility index (Phi) is 5.77. The van der Waals surface area contributed by atoms with Gasteiger partial charge in [-0.25, -0.2) is 9.67 Å². The van der Waals surface area contributed by atoms with Crippen molar-refractivity contribution in [2.24, 2.45) is 5.92 Å². The molecular formula is C12H23N5O. The molecule has 0 fully saturated rings. The molecule has 1 N–H and O–H groups in total. The van der Waals surface area contributed by atoms with Gasteiger partial charge in [-0.15, -0.1) is 0 Å². The van der Waals surface area contributed by atoms with Crippen molar-refractivity contribution in [2.45, 2.75) is 33.4 Å². The SMILES string of the molecule is CC(C)Cn1ncnc1CNCCC(=O)N(C)C. The molecule has 1 amide bonds. The van der Waals surface area contributed by atoms with Crippen LogP contribution in [-0.4, -0.2) is 46.2 Å². The molecule has 0 saturated heterocycles. The third-order valence-corrected chi connectivity index (χ3v) is 2.53. The van der Waals surface area contributed by atoms with Gasteiger partial charge in [0.2, 0.25) is 5.91 Å². The van der Waals surface area contributed by atoms with E-state index in [0.717, 1.165) is 12.4 Å². The Bertz CT molecular complexity index is 372. The van der Waals surface area contributed by atoms with Gasteiger partial charge in [0.25, 0.3) is 0 Å². The van der Waals surface area contributed by atoms with E-state index in [4.69, 9.17) is 0 Å². The van der Waals surface area contributed by atoms with Crippen molar-refractivity contribution in [1.82, 2.24) is 25.0 Å². The van der Waals surface area contributed by atoms with Gasteiger partial charge in [0.1, 0.15) is 12.2 Å². The van der Waals surface area contributed by atoms with Gasteiger partial charge in [-0.3, -0.25) is 4.79 Å². The first-order chi connectivity index (χ1) is 8.50. The molecule has 0 bridgehead atoms. The average Bonchev–Trinajstić information content (AvgIpc) is 2.70. The highest BCUT2D eigenvalue weighted by Gasteiger charge is 2.07. The number of rotatable bonds is 7. The van der Waals surface area contributed by atoms with Gasteiger partial charge >= 0.3 is 0 Å². The minimum Gasteiger partial charge on any atom is -0.349 e. The first-order valence-electron chi connectivity index (χ1n) is 6.28. The standard InChI is InChI=1S/C12H23N5O/c1-10(2)8-17-11(14-9-15-17)7-13-6-5-12(18)16(3)4/h9-10,13H,5-8H2,1-4H3. The van der Waals surface area contributed by atoms with Crippen LogP contribution in [-0.2, 0) is 17.9 Å². The molecule has 0 radical (unpaired) electrons. The van der Waals surface area contributed by atoms with Crippen molar-refractivity contribution in [3.63, 3.8) is 0 Å². The van der Waals surface area contributed by atoms with Crippen molar-refractivity contribution in [2.75, 3.05) is 20.6 Å². The molecule has 1 heterocycles. The van der Waals surface area contributed by atoms with Gasteiger partial charge in [-0.1, -0.05) is 13.8 Å². The van der Waals surface area contributed by atoms with Crippen LogP contribution in [0.4, 0.5) is 0 Å². The van der Waals surface area contributed by atoms with Crippen molar-refractivity contribution >= 4 is 5.91 Å². The van der Waals surface area contributed by atoms with Crippen LogP contribution in [0.25, 0.3) is 0 Å². The zero-order valence-electron chi connectivity index (χ0n) is 11.7. The highest BCUT2D eigenvalue weighted by molar-refractivity contribution is 5.75. The molecule has 0 aliphatic carbocycles. The molecule has 6 heteroatoms. The predicted molar refractivity (Wildman–Crippen MR) is 69.9 cm³/mol.